The normalized spacial score (nSPS) is 17.5. The molecule has 0 bridgehead atoms. The van der Waals surface area contributed by atoms with Crippen LogP contribution in [0.3, 0.4) is 0 Å². The molecule has 2 aromatic carbocycles. The van der Waals surface area contributed by atoms with E-state index in [0.29, 0.717) is 23.5 Å². The molecule has 2 N–H and O–H groups in total. The Hall–Kier alpha value is -3.39. The molecular weight excluding hydrogens is 416 g/mol. The van der Waals surface area contributed by atoms with Crippen molar-refractivity contribution < 1.29 is 18.7 Å². The van der Waals surface area contributed by atoms with Gasteiger partial charge in [0, 0.05) is 18.5 Å². The van der Waals surface area contributed by atoms with E-state index in [4.69, 9.17) is 4.98 Å². The molecule has 3 aromatic rings. The molecule has 1 aliphatic carbocycles. The fraction of sp³-hybridized carbons (Fsp3) is 0.292. The summed E-state index contributed by atoms with van der Waals surface area (Å²) in [6.07, 6.45) is 0.274. The van der Waals surface area contributed by atoms with E-state index >= 15 is 0 Å². The Labute approximate surface area is 182 Å². The molecule has 0 spiro atoms. The number of hydrogen-bond donors (Lipinski definition) is 2. The standard InChI is InChI=1S/C24H21F2N3O3/c25-17-8-4-7-15(19(17)26)20(30)22(32)29-12-9-18-16(13-29)21(31)28-23(27-18)24(10-11-24)14-5-2-1-3-6-14/h1-8,20,30H,9-13H2,(H,27,28,31). The van der Waals surface area contributed by atoms with Crippen LogP contribution in [0.1, 0.15) is 47.2 Å². The zero-order valence-electron chi connectivity index (χ0n) is 17.1. The van der Waals surface area contributed by atoms with Gasteiger partial charge in [0.2, 0.25) is 0 Å². The van der Waals surface area contributed by atoms with Crippen LogP contribution in [0.5, 0.6) is 0 Å². The smallest absolute Gasteiger partial charge is 0.256 e. The van der Waals surface area contributed by atoms with Crippen molar-refractivity contribution in [3.05, 3.63) is 98.7 Å². The van der Waals surface area contributed by atoms with Crippen molar-refractivity contribution in [2.45, 2.75) is 37.3 Å². The van der Waals surface area contributed by atoms with E-state index < -0.39 is 29.2 Å². The van der Waals surface area contributed by atoms with E-state index in [1.54, 1.807) is 0 Å². The van der Waals surface area contributed by atoms with Gasteiger partial charge in [0.05, 0.1) is 23.2 Å². The first-order chi connectivity index (χ1) is 15.4. The second-order valence-electron chi connectivity index (χ2n) is 8.34. The van der Waals surface area contributed by atoms with Gasteiger partial charge in [-0.15, -0.1) is 0 Å². The lowest BCUT2D eigenvalue weighted by molar-refractivity contribution is -0.141. The molecule has 2 heterocycles. The minimum atomic E-state index is -1.86. The molecule has 0 radical (unpaired) electrons. The second kappa shape index (κ2) is 7.63. The third kappa shape index (κ3) is 3.31. The number of nitrogens with one attached hydrogen (secondary N) is 1. The highest BCUT2D eigenvalue weighted by molar-refractivity contribution is 5.82. The molecule has 8 heteroatoms. The van der Waals surface area contributed by atoms with E-state index in [-0.39, 0.29) is 24.1 Å². The maximum atomic E-state index is 14.0. The molecule has 1 saturated carbocycles. The maximum absolute atomic E-state index is 14.0. The molecule has 32 heavy (non-hydrogen) atoms. The summed E-state index contributed by atoms with van der Waals surface area (Å²) in [6.45, 7) is 0.164. The number of carbonyl (C=O) groups excluding carboxylic acids is 1. The molecule has 1 unspecified atom stereocenters. The number of H-pyrrole nitrogens is 1. The van der Waals surface area contributed by atoms with E-state index in [2.05, 4.69) is 4.98 Å². The van der Waals surface area contributed by atoms with Gasteiger partial charge in [-0.1, -0.05) is 42.5 Å². The van der Waals surface area contributed by atoms with Gasteiger partial charge >= 0.3 is 0 Å². The van der Waals surface area contributed by atoms with E-state index in [9.17, 15) is 23.5 Å². The van der Waals surface area contributed by atoms with Crippen LogP contribution >= 0.6 is 0 Å². The van der Waals surface area contributed by atoms with Crippen molar-refractivity contribution in [2.24, 2.45) is 0 Å². The maximum Gasteiger partial charge on any atom is 0.256 e. The zero-order chi connectivity index (χ0) is 22.5. The monoisotopic (exact) mass is 437 g/mol. The summed E-state index contributed by atoms with van der Waals surface area (Å²) < 4.78 is 27.5. The third-order valence-corrected chi connectivity index (χ3v) is 6.42. The Morgan fingerprint density at radius 3 is 2.59 bits per heavy atom. The van der Waals surface area contributed by atoms with Crippen molar-refractivity contribution in [2.75, 3.05) is 6.54 Å². The Bertz CT molecular complexity index is 1260. The molecule has 1 aromatic heterocycles. The molecule has 1 amide bonds. The third-order valence-electron chi connectivity index (χ3n) is 6.42. The predicted molar refractivity (Wildman–Crippen MR) is 112 cm³/mol. The first-order valence-electron chi connectivity index (χ1n) is 10.5. The SMILES string of the molecule is O=C(C(O)c1cccc(F)c1F)N1CCc2nc(C3(c4ccccc4)CC3)[nH]c(=O)c2C1. The van der Waals surface area contributed by atoms with Gasteiger partial charge in [0.25, 0.3) is 11.5 Å². The van der Waals surface area contributed by atoms with Crippen LogP contribution < -0.4 is 5.56 Å². The van der Waals surface area contributed by atoms with Crippen molar-refractivity contribution >= 4 is 5.91 Å². The van der Waals surface area contributed by atoms with Crippen LogP contribution in [-0.2, 0) is 23.2 Å². The van der Waals surface area contributed by atoms with E-state index in [0.717, 1.165) is 30.5 Å². The summed E-state index contributed by atoms with van der Waals surface area (Å²) in [7, 11) is 0. The number of hydrogen-bond acceptors (Lipinski definition) is 4. The van der Waals surface area contributed by atoms with Crippen molar-refractivity contribution in [3.8, 4) is 0 Å². The Morgan fingerprint density at radius 2 is 1.88 bits per heavy atom. The van der Waals surface area contributed by atoms with Gasteiger partial charge in [0.1, 0.15) is 5.82 Å². The van der Waals surface area contributed by atoms with Crippen LogP contribution in [0.15, 0.2) is 53.3 Å². The second-order valence-corrected chi connectivity index (χ2v) is 8.34. The fourth-order valence-corrected chi connectivity index (χ4v) is 4.42. The topological polar surface area (TPSA) is 86.3 Å². The number of aromatic nitrogens is 2. The zero-order valence-corrected chi connectivity index (χ0v) is 17.1. The molecule has 0 saturated heterocycles. The number of aliphatic hydroxyl groups excluding tert-OH is 1. The first-order valence-corrected chi connectivity index (χ1v) is 10.5. The quantitative estimate of drug-likeness (QED) is 0.657. The minimum Gasteiger partial charge on any atom is -0.378 e. The van der Waals surface area contributed by atoms with Gasteiger partial charge in [0.15, 0.2) is 17.7 Å². The molecular formula is C24H21F2N3O3. The Morgan fingerprint density at radius 1 is 1.12 bits per heavy atom. The molecule has 2 aliphatic rings. The first kappa shape index (κ1) is 20.5. The lowest BCUT2D eigenvalue weighted by Crippen LogP contribution is -2.42. The number of aliphatic hydroxyl groups is 1. The molecule has 1 fully saturated rings. The summed E-state index contributed by atoms with van der Waals surface area (Å²) >= 11 is 0. The number of amides is 1. The number of halogens is 2. The predicted octanol–water partition coefficient (Wildman–Crippen LogP) is 2.75. The van der Waals surface area contributed by atoms with E-state index in [1.807, 2.05) is 30.3 Å². The average molecular weight is 437 g/mol. The van der Waals surface area contributed by atoms with Crippen LogP contribution in [0.4, 0.5) is 8.78 Å². The highest BCUT2D eigenvalue weighted by atomic mass is 19.2. The number of aromatic amines is 1. The molecule has 5 rings (SSSR count). The van der Waals surface area contributed by atoms with Gasteiger partial charge in [-0.3, -0.25) is 9.59 Å². The minimum absolute atomic E-state index is 0.0525. The van der Waals surface area contributed by atoms with Crippen molar-refractivity contribution in [1.29, 1.82) is 0 Å². The van der Waals surface area contributed by atoms with Crippen LogP contribution in [-0.4, -0.2) is 32.4 Å². The molecule has 1 aliphatic heterocycles. The molecule has 164 valence electrons. The van der Waals surface area contributed by atoms with Gasteiger partial charge < -0.3 is 15.0 Å². The molecule has 1 atom stereocenters. The van der Waals surface area contributed by atoms with Gasteiger partial charge in [-0.2, -0.15) is 0 Å². The van der Waals surface area contributed by atoms with Crippen LogP contribution in [0.25, 0.3) is 0 Å². The molecule has 6 nitrogen and oxygen atoms in total. The Balaban J connectivity index is 1.41. The highest BCUT2D eigenvalue weighted by Gasteiger charge is 2.48. The summed E-state index contributed by atoms with van der Waals surface area (Å²) in [5, 5.41) is 10.3. The van der Waals surface area contributed by atoms with E-state index in [1.165, 1.54) is 11.0 Å². The number of fused-ring (bicyclic) bond motifs is 1. The van der Waals surface area contributed by atoms with Crippen LogP contribution in [0.2, 0.25) is 0 Å². The lowest BCUT2D eigenvalue weighted by atomic mass is 9.94. The summed E-state index contributed by atoms with van der Waals surface area (Å²) in [5.74, 6) is -2.55. The van der Waals surface area contributed by atoms with Crippen molar-refractivity contribution in [1.82, 2.24) is 14.9 Å². The number of nitrogens with zero attached hydrogens (tertiary/aromatic N) is 2. The average Bonchev–Trinajstić information content (AvgIpc) is 3.62. The van der Waals surface area contributed by atoms with Gasteiger partial charge in [-0.05, 0) is 24.5 Å². The van der Waals surface area contributed by atoms with Crippen molar-refractivity contribution in [3.63, 3.8) is 0 Å². The number of rotatable bonds is 4. The van der Waals surface area contributed by atoms with Crippen LogP contribution in [0, 0.1) is 11.6 Å². The largest absolute Gasteiger partial charge is 0.378 e. The number of benzene rings is 2. The number of carbonyl (C=O) groups is 1. The Kier molecular flexibility index (Phi) is 4.89. The summed E-state index contributed by atoms with van der Waals surface area (Å²) in [6, 6.07) is 13.2. The summed E-state index contributed by atoms with van der Waals surface area (Å²) in [5.41, 5.74) is 1.05. The highest BCUT2D eigenvalue weighted by Crippen LogP contribution is 2.51. The van der Waals surface area contributed by atoms with Gasteiger partial charge in [-0.25, -0.2) is 13.8 Å². The summed E-state index contributed by atoms with van der Waals surface area (Å²) in [4.78, 5) is 34.6. The fourth-order valence-electron chi connectivity index (χ4n) is 4.42. The lowest BCUT2D eigenvalue weighted by Gasteiger charge is -2.30.